The number of ether oxygens (including phenoxy) is 1. The molecule has 1 saturated heterocycles. The molecule has 0 spiro atoms. The summed E-state index contributed by atoms with van der Waals surface area (Å²) >= 11 is 0. The highest BCUT2D eigenvalue weighted by Crippen LogP contribution is 2.27. The van der Waals surface area contributed by atoms with E-state index in [9.17, 15) is 18.0 Å². The second kappa shape index (κ2) is 4.27. The van der Waals surface area contributed by atoms with Crippen molar-refractivity contribution in [3.63, 3.8) is 0 Å². The lowest BCUT2D eigenvalue weighted by atomic mass is 10.1. The zero-order chi connectivity index (χ0) is 12.5. The number of carbonyl (C=O) groups excluding carboxylic acids is 1. The molecule has 17 heavy (non-hydrogen) atoms. The summed E-state index contributed by atoms with van der Waals surface area (Å²) in [6.07, 6.45) is -3.56. The summed E-state index contributed by atoms with van der Waals surface area (Å²) in [7, 11) is 0. The van der Waals surface area contributed by atoms with Gasteiger partial charge in [0.25, 0.3) is 0 Å². The number of amides is 1. The van der Waals surface area contributed by atoms with Crippen LogP contribution in [0.5, 0.6) is 5.75 Å². The SMILES string of the molecule is O=C1CCC(c2ccc(OC(F)(F)F)cc2)N1. The van der Waals surface area contributed by atoms with Crippen LogP contribution in [0.25, 0.3) is 0 Å². The molecule has 1 amide bonds. The third-order valence-corrected chi connectivity index (χ3v) is 2.51. The van der Waals surface area contributed by atoms with Gasteiger partial charge >= 0.3 is 6.36 Å². The van der Waals surface area contributed by atoms with Crippen LogP contribution in [-0.4, -0.2) is 12.3 Å². The highest BCUT2D eigenvalue weighted by molar-refractivity contribution is 5.78. The molecular formula is C11H10F3NO2. The van der Waals surface area contributed by atoms with Gasteiger partial charge in [-0.05, 0) is 24.1 Å². The van der Waals surface area contributed by atoms with Crippen LogP contribution in [0.2, 0.25) is 0 Å². The van der Waals surface area contributed by atoms with Gasteiger partial charge in [0.2, 0.25) is 5.91 Å². The number of hydrogen-bond donors (Lipinski definition) is 1. The topological polar surface area (TPSA) is 38.3 Å². The first kappa shape index (κ1) is 11.8. The van der Waals surface area contributed by atoms with Crippen LogP contribution in [0.1, 0.15) is 24.4 Å². The van der Waals surface area contributed by atoms with E-state index in [4.69, 9.17) is 0 Å². The summed E-state index contributed by atoms with van der Waals surface area (Å²) in [5, 5.41) is 2.74. The number of nitrogens with one attached hydrogen (secondary N) is 1. The van der Waals surface area contributed by atoms with Gasteiger partial charge in [0, 0.05) is 6.42 Å². The van der Waals surface area contributed by atoms with E-state index in [-0.39, 0.29) is 17.7 Å². The molecule has 6 heteroatoms. The number of carbonyl (C=O) groups is 1. The normalized spacial score (nSPS) is 20.2. The quantitative estimate of drug-likeness (QED) is 0.869. The first-order chi connectivity index (χ1) is 7.94. The molecule has 92 valence electrons. The molecule has 1 aliphatic heterocycles. The van der Waals surface area contributed by atoms with Crippen molar-refractivity contribution in [2.45, 2.75) is 25.2 Å². The van der Waals surface area contributed by atoms with Gasteiger partial charge in [0.05, 0.1) is 6.04 Å². The number of alkyl halides is 3. The summed E-state index contributed by atoms with van der Waals surface area (Å²) in [6, 6.07) is 5.43. The molecule has 2 rings (SSSR count). The Kier molecular flexibility index (Phi) is 2.95. The third kappa shape index (κ3) is 3.12. The highest BCUT2D eigenvalue weighted by atomic mass is 19.4. The van der Waals surface area contributed by atoms with Gasteiger partial charge in [-0.2, -0.15) is 0 Å². The maximum atomic E-state index is 11.9. The van der Waals surface area contributed by atoms with Crippen LogP contribution in [0.3, 0.4) is 0 Å². The molecule has 1 unspecified atom stereocenters. The number of benzene rings is 1. The first-order valence-corrected chi connectivity index (χ1v) is 5.09. The fourth-order valence-electron chi connectivity index (χ4n) is 1.77. The fourth-order valence-corrected chi connectivity index (χ4v) is 1.77. The first-order valence-electron chi connectivity index (χ1n) is 5.09. The zero-order valence-corrected chi connectivity index (χ0v) is 8.75. The van der Waals surface area contributed by atoms with E-state index in [1.54, 1.807) is 0 Å². The van der Waals surface area contributed by atoms with E-state index in [0.29, 0.717) is 12.8 Å². The van der Waals surface area contributed by atoms with Crippen molar-refractivity contribution in [3.05, 3.63) is 29.8 Å². The lowest BCUT2D eigenvalue weighted by Crippen LogP contribution is -2.19. The Labute approximate surface area is 95.6 Å². The Balaban J connectivity index is 2.05. The Bertz CT molecular complexity index is 414. The Morgan fingerprint density at radius 2 is 1.88 bits per heavy atom. The summed E-state index contributed by atoms with van der Waals surface area (Å²) < 4.78 is 39.5. The summed E-state index contributed by atoms with van der Waals surface area (Å²) in [6.45, 7) is 0. The van der Waals surface area contributed by atoms with Gasteiger partial charge < -0.3 is 10.1 Å². The molecule has 1 aromatic carbocycles. The molecule has 0 saturated carbocycles. The number of hydrogen-bond acceptors (Lipinski definition) is 2. The third-order valence-electron chi connectivity index (χ3n) is 2.51. The van der Waals surface area contributed by atoms with Crippen molar-refractivity contribution in [3.8, 4) is 5.75 Å². The maximum Gasteiger partial charge on any atom is 0.573 e. The van der Waals surface area contributed by atoms with Crippen molar-refractivity contribution in [2.75, 3.05) is 0 Å². The minimum Gasteiger partial charge on any atom is -0.406 e. The van der Waals surface area contributed by atoms with Crippen LogP contribution < -0.4 is 10.1 Å². The number of halogens is 3. The van der Waals surface area contributed by atoms with E-state index in [0.717, 1.165) is 5.56 Å². The van der Waals surface area contributed by atoms with Gasteiger partial charge in [0.1, 0.15) is 5.75 Å². The van der Waals surface area contributed by atoms with Crippen LogP contribution in [0, 0.1) is 0 Å². The summed E-state index contributed by atoms with van der Waals surface area (Å²) in [4.78, 5) is 11.0. The molecule has 1 aromatic rings. The Morgan fingerprint density at radius 3 is 2.35 bits per heavy atom. The van der Waals surface area contributed by atoms with E-state index in [1.165, 1.54) is 24.3 Å². The molecule has 0 aliphatic carbocycles. The lowest BCUT2D eigenvalue weighted by Gasteiger charge is -2.12. The monoisotopic (exact) mass is 245 g/mol. The average Bonchev–Trinajstić information content (AvgIpc) is 2.63. The average molecular weight is 245 g/mol. The van der Waals surface area contributed by atoms with Gasteiger partial charge in [-0.3, -0.25) is 4.79 Å². The van der Waals surface area contributed by atoms with E-state index < -0.39 is 6.36 Å². The van der Waals surface area contributed by atoms with Crippen LogP contribution in [-0.2, 0) is 4.79 Å². The Morgan fingerprint density at radius 1 is 1.24 bits per heavy atom. The zero-order valence-electron chi connectivity index (χ0n) is 8.75. The minimum atomic E-state index is -4.68. The van der Waals surface area contributed by atoms with Gasteiger partial charge in [-0.15, -0.1) is 13.2 Å². The largest absolute Gasteiger partial charge is 0.573 e. The molecule has 1 N–H and O–H groups in total. The van der Waals surface area contributed by atoms with Crippen molar-refractivity contribution < 1.29 is 22.7 Å². The molecule has 1 atom stereocenters. The molecule has 1 fully saturated rings. The van der Waals surface area contributed by atoms with Crippen LogP contribution in [0.4, 0.5) is 13.2 Å². The van der Waals surface area contributed by atoms with E-state index in [2.05, 4.69) is 10.1 Å². The molecule has 1 aliphatic rings. The molecular weight excluding hydrogens is 235 g/mol. The van der Waals surface area contributed by atoms with Gasteiger partial charge in [-0.1, -0.05) is 12.1 Å². The van der Waals surface area contributed by atoms with Crippen molar-refractivity contribution in [2.24, 2.45) is 0 Å². The maximum absolute atomic E-state index is 11.9. The standard InChI is InChI=1S/C11H10F3NO2/c12-11(13,14)17-8-3-1-7(2-4-8)9-5-6-10(16)15-9/h1-4,9H,5-6H2,(H,15,16). The number of rotatable bonds is 2. The molecule has 3 nitrogen and oxygen atoms in total. The highest BCUT2D eigenvalue weighted by Gasteiger charge is 2.31. The minimum absolute atomic E-state index is 0.0365. The Hall–Kier alpha value is -1.72. The second-order valence-electron chi connectivity index (χ2n) is 3.78. The van der Waals surface area contributed by atoms with Gasteiger partial charge in [-0.25, -0.2) is 0 Å². The van der Waals surface area contributed by atoms with Crippen molar-refractivity contribution in [1.29, 1.82) is 0 Å². The smallest absolute Gasteiger partial charge is 0.406 e. The lowest BCUT2D eigenvalue weighted by molar-refractivity contribution is -0.274. The van der Waals surface area contributed by atoms with E-state index >= 15 is 0 Å². The second-order valence-corrected chi connectivity index (χ2v) is 3.78. The molecule has 0 bridgehead atoms. The molecule has 0 aromatic heterocycles. The predicted octanol–water partition coefficient (Wildman–Crippen LogP) is 2.54. The predicted molar refractivity (Wildman–Crippen MR) is 53.2 cm³/mol. The van der Waals surface area contributed by atoms with E-state index in [1.807, 2.05) is 0 Å². The molecule has 1 heterocycles. The van der Waals surface area contributed by atoms with Crippen LogP contribution in [0.15, 0.2) is 24.3 Å². The van der Waals surface area contributed by atoms with Crippen molar-refractivity contribution >= 4 is 5.91 Å². The summed E-state index contributed by atoms with van der Waals surface area (Å²) in [5.74, 6) is -0.295. The molecule has 0 radical (unpaired) electrons. The fraction of sp³-hybridized carbons (Fsp3) is 0.364. The summed E-state index contributed by atoms with van der Waals surface area (Å²) in [5.41, 5.74) is 0.783. The van der Waals surface area contributed by atoms with Crippen molar-refractivity contribution in [1.82, 2.24) is 5.32 Å². The van der Waals surface area contributed by atoms with Crippen LogP contribution >= 0.6 is 0 Å². The van der Waals surface area contributed by atoms with Gasteiger partial charge in [0.15, 0.2) is 0 Å².